The molecule has 20 heavy (non-hydrogen) atoms. The van der Waals surface area contributed by atoms with Gasteiger partial charge in [0.2, 0.25) is 5.91 Å². The molecule has 1 aliphatic rings. The van der Waals surface area contributed by atoms with Gasteiger partial charge in [-0.2, -0.15) is 11.8 Å². The van der Waals surface area contributed by atoms with Crippen molar-refractivity contribution in [1.82, 2.24) is 19.4 Å². The summed E-state index contributed by atoms with van der Waals surface area (Å²) in [6, 6.07) is 0.192. The molecular weight excluding hydrogens is 272 g/mol. The van der Waals surface area contributed by atoms with Gasteiger partial charge in [-0.15, -0.1) is 0 Å². The number of hydrogen-bond donors (Lipinski definition) is 0. The van der Waals surface area contributed by atoms with Crippen LogP contribution >= 0.6 is 11.8 Å². The molecule has 0 spiro atoms. The van der Waals surface area contributed by atoms with Crippen molar-refractivity contribution in [2.24, 2.45) is 7.05 Å². The average Bonchev–Trinajstić information content (AvgIpc) is 2.85. The molecule has 2 atom stereocenters. The van der Waals surface area contributed by atoms with Gasteiger partial charge >= 0.3 is 0 Å². The van der Waals surface area contributed by atoms with Crippen LogP contribution in [-0.2, 0) is 11.8 Å². The molecule has 1 fully saturated rings. The molecule has 0 unspecified atom stereocenters. The Morgan fingerprint density at radius 3 is 2.85 bits per heavy atom. The van der Waals surface area contributed by atoms with Crippen LogP contribution in [0.4, 0.5) is 0 Å². The number of nitrogens with zero attached hydrogens (tertiary/aromatic N) is 4. The Balaban J connectivity index is 2.05. The van der Waals surface area contributed by atoms with Gasteiger partial charge < -0.3 is 9.47 Å². The molecular formula is C14H24N4OS. The second-order valence-electron chi connectivity index (χ2n) is 5.48. The van der Waals surface area contributed by atoms with Gasteiger partial charge in [-0.3, -0.25) is 9.69 Å². The Morgan fingerprint density at radius 1 is 1.50 bits per heavy atom. The average molecular weight is 296 g/mol. The molecule has 0 bridgehead atoms. The van der Waals surface area contributed by atoms with Gasteiger partial charge in [0, 0.05) is 50.7 Å². The van der Waals surface area contributed by atoms with E-state index in [1.165, 1.54) is 0 Å². The highest BCUT2D eigenvalue weighted by Crippen LogP contribution is 2.23. The van der Waals surface area contributed by atoms with E-state index >= 15 is 0 Å². The first-order valence-corrected chi connectivity index (χ1v) is 8.29. The molecule has 2 rings (SSSR count). The molecule has 2 heterocycles. The van der Waals surface area contributed by atoms with Crippen molar-refractivity contribution in [2.75, 3.05) is 32.9 Å². The molecule has 0 N–H and O–H groups in total. The van der Waals surface area contributed by atoms with E-state index in [0.717, 1.165) is 25.5 Å². The van der Waals surface area contributed by atoms with Gasteiger partial charge in [0.1, 0.15) is 5.82 Å². The molecule has 112 valence electrons. The largest absolute Gasteiger partial charge is 0.339 e. The summed E-state index contributed by atoms with van der Waals surface area (Å²) < 4.78 is 2.04. The monoisotopic (exact) mass is 296 g/mol. The Hall–Kier alpha value is -1.01. The Labute approximate surface area is 125 Å². The van der Waals surface area contributed by atoms with Crippen LogP contribution in [0.25, 0.3) is 0 Å². The summed E-state index contributed by atoms with van der Waals surface area (Å²) in [6.45, 7) is 4.56. The highest BCUT2D eigenvalue weighted by molar-refractivity contribution is 7.99. The van der Waals surface area contributed by atoms with E-state index in [2.05, 4.69) is 30.1 Å². The summed E-state index contributed by atoms with van der Waals surface area (Å²) >= 11 is 1.74. The minimum atomic E-state index is 0.192. The number of hydrogen-bond acceptors (Lipinski definition) is 4. The third-order valence-corrected chi connectivity index (χ3v) is 4.99. The fourth-order valence-electron chi connectivity index (χ4n) is 2.54. The number of likely N-dealkylation sites (N-methyl/N-ethyl adjacent to an activating group) is 1. The second kappa shape index (κ2) is 6.63. The number of thioether (sulfide) groups is 1. The zero-order valence-corrected chi connectivity index (χ0v) is 13.6. The Morgan fingerprint density at radius 2 is 2.25 bits per heavy atom. The second-order valence-corrected chi connectivity index (χ2v) is 6.76. The van der Waals surface area contributed by atoms with Crippen molar-refractivity contribution < 1.29 is 4.79 Å². The molecule has 1 amide bonds. The van der Waals surface area contributed by atoms with Gasteiger partial charge in [-0.05, 0) is 13.3 Å². The predicted molar refractivity (Wildman–Crippen MR) is 82.8 cm³/mol. The number of carbonyl (C=O) groups is 1. The minimum Gasteiger partial charge on any atom is -0.339 e. The van der Waals surface area contributed by atoms with Gasteiger partial charge in [0.25, 0.3) is 0 Å². The lowest BCUT2D eigenvalue weighted by Crippen LogP contribution is -2.49. The van der Waals surface area contributed by atoms with E-state index in [4.69, 9.17) is 0 Å². The Bertz CT molecular complexity index is 462. The van der Waals surface area contributed by atoms with Crippen LogP contribution in [0.5, 0.6) is 0 Å². The van der Waals surface area contributed by atoms with Crippen LogP contribution in [0.2, 0.25) is 0 Å². The topological polar surface area (TPSA) is 41.4 Å². The van der Waals surface area contributed by atoms with Crippen molar-refractivity contribution in [1.29, 1.82) is 0 Å². The van der Waals surface area contributed by atoms with Gasteiger partial charge in [0.15, 0.2) is 0 Å². The molecule has 0 aliphatic carbocycles. The lowest BCUT2D eigenvalue weighted by molar-refractivity contribution is -0.134. The summed E-state index contributed by atoms with van der Waals surface area (Å²) in [5.41, 5.74) is 0. The highest BCUT2D eigenvalue weighted by atomic mass is 32.2. The number of amides is 1. The van der Waals surface area contributed by atoms with E-state index in [9.17, 15) is 4.79 Å². The van der Waals surface area contributed by atoms with E-state index in [1.54, 1.807) is 11.8 Å². The minimum absolute atomic E-state index is 0.192. The number of piperazine rings is 1. The van der Waals surface area contributed by atoms with Crippen LogP contribution in [-0.4, -0.2) is 63.4 Å². The summed E-state index contributed by atoms with van der Waals surface area (Å²) in [6.07, 6.45) is 6.45. The number of aromatic nitrogens is 2. The maximum Gasteiger partial charge on any atom is 0.223 e. The first-order chi connectivity index (χ1) is 9.52. The van der Waals surface area contributed by atoms with E-state index in [0.29, 0.717) is 11.7 Å². The third-order valence-electron chi connectivity index (χ3n) is 4.02. The summed E-state index contributed by atoms with van der Waals surface area (Å²) in [5, 5.41) is 0.383. The molecule has 1 aromatic rings. The van der Waals surface area contributed by atoms with Crippen LogP contribution in [0.1, 0.15) is 25.2 Å². The molecule has 0 saturated carbocycles. The fourth-order valence-corrected chi connectivity index (χ4v) is 2.84. The standard InChI is InChI=1S/C14H24N4OS/c1-11(20-4)9-13(19)18-8-7-16(2)12(10-18)14-15-5-6-17(14)3/h5-6,11-12H,7-10H2,1-4H3/t11-,12-/m0/s1. The quantitative estimate of drug-likeness (QED) is 0.842. The van der Waals surface area contributed by atoms with Crippen LogP contribution in [0.15, 0.2) is 12.4 Å². The van der Waals surface area contributed by atoms with Crippen LogP contribution in [0, 0.1) is 0 Å². The number of rotatable bonds is 4. The van der Waals surface area contributed by atoms with Crippen molar-refractivity contribution >= 4 is 17.7 Å². The summed E-state index contributed by atoms with van der Waals surface area (Å²) in [7, 11) is 4.11. The van der Waals surface area contributed by atoms with Crippen LogP contribution < -0.4 is 0 Å². The smallest absolute Gasteiger partial charge is 0.223 e. The van der Waals surface area contributed by atoms with Gasteiger partial charge in [0.05, 0.1) is 6.04 Å². The van der Waals surface area contributed by atoms with Gasteiger partial charge in [-0.25, -0.2) is 4.98 Å². The van der Waals surface area contributed by atoms with Crippen molar-refractivity contribution in [3.8, 4) is 0 Å². The normalized spacial score (nSPS) is 22.0. The van der Waals surface area contributed by atoms with E-state index in [1.807, 2.05) is 28.9 Å². The molecule has 6 heteroatoms. The van der Waals surface area contributed by atoms with E-state index in [-0.39, 0.29) is 11.9 Å². The van der Waals surface area contributed by atoms with Crippen molar-refractivity contribution in [2.45, 2.75) is 24.6 Å². The summed E-state index contributed by atoms with van der Waals surface area (Å²) in [5.74, 6) is 1.29. The fraction of sp³-hybridized carbons (Fsp3) is 0.714. The molecule has 1 aromatic heterocycles. The maximum absolute atomic E-state index is 12.3. The molecule has 0 radical (unpaired) electrons. The number of imidazole rings is 1. The highest BCUT2D eigenvalue weighted by Gasteiger charge is 2.30. The zero-order chi connectivity index (χ0) is 14.7. The van der Waals surface area contributed by atoms with Gasteiger partial charge in [-0.1, -0.05) is 6.92 Å². The lowest BCUT2D eigenvalue weighted by atomic mass is 10.1. The van der Waals surface area contributed by atoms with Crippen molar-refractivity contribution in [3.05, 3.63) is 18.2 Å². The molecule has 5 nitrogen and oxygen atoms in total. The SMILES string of the molecule is CS[C@@H](C)CC(=O)N1CCN(C)[C@H](c2nccn2C)C1. The van der Waals surface area contributed by atoms with E-state index < -0.39 is 0 Å². The number of aryl methyl sites for hydroxylation is 1. The summed E-state index contributed by atoms with van der Waals surface area (Å²) in [4.78, 5) is 21.1. The Kier molecular flexibility index (Phi) is 5.10. The zero-order valence-electron chi connectivity index (χ0n) is 12.7. The molecule has 1 aliphatic heterocycles. The third kappa shape index (κ3) is 3.35. The maximum atomic E-state index is 12.3. The van der Waals surface area contributed by atoms with Crippen LogP contribution in [0.3, 0.4) is 0 Å². The first-order valence-electron chi connectivity index (χ1n) is 7.01. The molecule has 0 aromatic carbocycles. The molecule has 1 saturated heterocycles. The predicted octanol–water partition coefficient (Wildman–Crippen LogP) is 1.38. The first kappa shape index (κ1) is 15.4. The van der Waals surface area contributed by atoms with Crippen molar-refractivity contribution in [3.63, 3.8) is 0 Å². The number of carbonyl (C=O) groups excluding carboxylic acids is 1. The lowest BCUT2D eigenvalue weighted by Gasteiger charge is -2.39.